The van der Waals surface area contributed by atoms with Crippen molar-refractivity contribution in [1.82, 2.24) is 0 Å². The molecule has 0 spiro atoms. The first-order valence-corrected chi connectivity index (χ1v) is 6.45. The molecule has 2 atom stereocenters. The summed E-state index contributed by atoms with van der Waals surface area (Å²) in [7, 11) is 0. The van der Waals surface area contributed by atoms with Crippen LogP contribution in [0.15, 0.2) is 47.8 Å². The van der Waals surface area contributed by atoms with Crippen LogP contribution in [0.4, 0.5) is 0 Å². The van der Waals surface area contributed by atoms with E-state index in [4.69, 9.17) is 0 Å². The molecule has 1 fully saturated rings. The largest absolute Gasteiger partial charge is 0.481 e. The summed E-state index contributed by atoms with van der Waals surface area (Å²) >= 11 is 1.54. The lowest BCUT2D eigenvalue weighted by atomic mass is 9.97. The molecule has 0 radical (unpaired) electrons. The molecular weight excluding hydrogens is 232 g/mol. The summed E-state index contributed by atoms with van der Waals surface area (Å²) in [6.45, 7) is 0. The van der Waals surface area contributed by atoms with E-state index in [1.807, 2.05) is 47.8 Å². The maximum absolute atomic E-state index is 11.6. The Morgan fingerprint density at radius 2 is 2.00 bits per heavy atom. The number of carboxylic acids is 1. The van der Waals surface area contributed by atoms with Crippen LogP contribution >= 0.6 is 11.3 Å². The summed E-state index contributed by atoms with van der Waals surface area (Å²) in [4.78, 5) is 12.5. The fourth-order valence-corrected chi connectivity index (χ4v) is 3.48. The van der Waals surface area contributed by atoms with Gasteiger partial charge in [-0.1, -0.05) is 36.4 Å². The number of hydrogen-bond acceptors (Lipinski definition) is 2. The van der Waals surface area contributed by atoms with Gasteiger partial charge in [0.1, 0.15) is 5.41 Å². The lowest BCUT2D eigenvalue weighted by Crippen LogP contribution is -2.20. The molecule has 1 N–H and O–H groups in total. The second kappa shape index (κ2) is 3.70. The van der Waals surface area contributed by atoms with Crippen molar-refractivity contribution in [1.29, 1.82) is 0 Å². The predicted molar refractivity (Wildman–Crippen MR) is 67.4 cm³/mol. The number of carboxylic acid groups (broad SMARTS) is 1. The normalized spacial score (nSPS) is 26.7. The third kappa shape index (κ3) is 1.50. The van der Waals surface area contributed by atoms with E-state index in [-0.39, 0.29) is 5.92 Å². The second-order valence-corrected chi connectivity index (χ2v) is 5.37. The van der Waals surface area contributed by atoms with Gasteiger partial charge >= 0.3 is 5.97 Å². The minimum atomic E-state index is -0.700. The zero-order valence-corrected chi connectivity index (χ0v) is 9.98. The first-order chi connectivity index (χ1) is 8.25. The monoisotopic (exact) mass is 244 g/mol. The van der Waals surface area contributed by atoms with E-state index in [0.717, 1.165) is 10.4 Å². The molecule has 1 unspecified atom stereocenters. The molecule has 1 aliphatic carbocycles. The van der Waals surface area contributed by atoms with E-state index in [9.17, 15) is 9.90 Å². The molecule has 3 heteroatoms. The number of benzene rings is 1. The quantitative estimate of drug-likeness (QED) is 0.899. The SMILES string of the molecule is O=C(O)[C@]1(c2cccs2)CC1c1ccccc1. The van der Waals surface area contributed by atoms with E-state index in [0.29, 0.717) is 6.42 Å². The minimum absolute atomic E-state index is 0.125. The van der Waals surface area contributed by atoms with Crippen LogP contribution in [0.3, 0.4) is 0 Å². The molecule has 1 aromatic carbocycles. The van der Waals surface area contributed by atoms with Crippen LogP contribution in [0.5, 0.6) is 0 Å². The van der Waals surface area contributed by atoms with Gasteiger partial charge in [0, 0.05) is 10.8 Å². The fourth-order valence-electron chi connectivity index (χ4n) is 2.50. The molecule has 2 aromatic rings. The summed E-state index contributed by atoms with van der Waals surface area (Å²) in [5, 5.41) is 11.5. The van der Waals surface area contributed by atoms with Crippen LogP contribution in [0, 0.1) is 0 Å². The van der Waals surface area contributed by atoms with Gasteiger partial charge in [-0.25, -0.2) is 0 Å². The molecule has 0 amide bonds. The number of aliphatic carboxylic acids is 1. The van der Waals surface area contributed by atoms with Crippen LogP contribution in [0.1, 0.15) is 22.8 Å². The molecule has 0 saturated heterocycles. The summed E-state index contributed by atoms with van der Waals surface area (Å²) in [6, 6.07) is 13.8. The molecule has 0 bridgehead atoms. The lowest BCUT2D eigenvalue weighted by Gasteiger charge is -2.10. The second-order valence-electron chi connectivity index (χ2n) is 4.42. The van der Waals surface area contributed by atoms with Crippen molar-refractivity contribution in [3.63, 3.8) is 0 Å². The Balaban J connectivity index is 2.00. The molecule has 86 valence electrons. The minimum Gasteiger partial charge on any atom is -0.481 e. The van der Waals surface area contributed by atoms with Crippen molar-refractivity contribution < 1.29 is 9.90 Å². The Hall–Kier alpha value is -1.61. The van der Waals surface area contributed by atoms with Crippen LogP contribution in [-0.4, -0.2) is 11.1 Å². The molecule has 1 saturated carbocycles. The van der Waals surface area contributed by atoms with Crippen molar-refractivity contribution in [2.75, 3.05) is 0 Å². The molecular formula is C14H12O2S. The Labute approximate surface area is 104 Å². The molecule has 17 heavy (non-hydrogen) atoms. The first kappa shape index (κ1) is 10.5. The smallest absolute Gasteiger partial charge is 0.315 e. The van der Waals surface area contributed by atoms with E-state index in [2.05, 4.69) is 0 Å². The van der Waals surface area contributed by atoms with E-state index >= 15 is 0 Å². The van der Waals surface area contributed by atoms with E-state index < -0.39 is 11.4 Å². The lowest BCUT2D eigenvalue weighted by molar-refractivity contribution is -0.140. The highest BCUT2D eigenvalue weighted by Gasteiger charge is 2.62. The molecule has 1 heterocycles. The first-order valence-electron chi connectivity index (χ1n) is 5.57. The van der Waals surface area contributed by atoms with E-state index in [1.54, 1.807) is 0 Å². The Morgan fingerprint density at radius 1 is 1.24 bits per heavy atom. The topological polar surface area (TPSA) is 37.3 Å². The predicted octanol–water partition coefficient (Wildman–Crippen LogP) is 3.26. The van der Waals surface area contributed by atoms with Crippen molar-refractivity contribution in [3.05, 3.63) is 58.3 Å². The Morgan fingerprint density at radius 3 is 2.59 bits per heavy atom. The summed E-state index contributed by atoms with van der Waals surface area (Å²) in [6.07, 6.45) is 0.715. The number of hydrogen-bond donors (Lipinski definition) is 1. The van der Waals surface area contributed by atoms with Gasteiger partial charge in [-0.05, 0) is 23.4 Å². The van der Waals surface area contributed by atoms with Gasteiger partial charge in [-0.2, -0.15) is 0 Å². The highest BCUT2D eigenvalue weighted by molar-refractivity contribution is 7.10. The standard InChI is InChI=1S/C14H12O2S/c15-13(16)14(12-7-4-8-17-12)9-11(14)10-5-2-1-3-6-10/h1-8,11H,9H2,(H,15,16)/t11?,14-/m1/s1. The zero-order chi connectivity index (χ0) is 11.9. The van der Waals surface area contributed by atoms with Crippen molar-refractivity contribution in [2.45, 2.75) is 17.8 Å². The number of carbonyl (C=O) groups is 1. The van der Waals surface area contributed by atoms with Gasteiger partial charge in [0.15, 0.2) is 0 Å². The summed E-state index contributed by atoms with van der Waals surface area (Å²) in [5.74, 6) is -0.575. The number of thiophene rings is 1. The average molecular weight is 244 g/mol. The highest BCUT2D eigenvalue weighted by Crippen LogP contribution is 2.61. The summed E-state index contributed by atoms with van der Waals surface area (Å²) < 4.78 is 0. The maximum atomic E-state index is 11.6. The van der Waals surface area contributed by atoms with Crippen LogP contribution in [0.2, 0.25) is 0 Å². The summed E-state index contributed by atoms with van der Waals surface area (Å²) in [5.41, 5.74) is 0.457. The van der Waals surface area contributed by atoms with Crippen molar-refractivity contribution >= 4 is 17.3 Å². The van der Waals surface area contributed by atoms with Gasteiger partial charge < -0.3 is 5.11 Å². The van der Waals surface area contributed by atoms with Crippen molar-refractivity contribution in [3.8, 4) is 0 Å². The van der Waals surface area contributed by atoms with Gasteiger partial charge in [-0.15, -0.1) is 11.3 Å². The van der Waals surface area contributed by atoms with Gasteiger partial charge in [0.25, 0.3) is 0 Å². The van der Waals surface area contributed by atoms with Gasteiger partial charge in [0.05, 0.1) is 0 Å². The molecule has 3 rings (SSSR count). The Bertz CT molecular complexity index is 533. The van der Waals surface area contributed by atoms with Gasteiger partial charge in [-0.3, -0.25) is 4.79 Å². The maximum Gasteiger partial charge on any atom is 0.315 e. The van der Waals surface area contributed by atoms with E-state index in [1.165, 1.54) is 11.3 Å². The Kier molecular flexibility index (Phi) is 2.30. The molecule has 2 nitrogen and oxygen atoms in total. The van der Waals surface area contributed by atoms with Gasteiger partial charge in [0.2, 0.25) is 0 Å². The average Bonchev–Trinajstić information content (AvgIpc) is 2.88. The third-order valence-electron chi connectivity index (χ3n) is 3.51. The van der Waals surface area contributed by atoms with Crippen LogP contribution in [-0.2, 0) is 10.2 Å². The zero-order valence-electron chi connectivity index (χ0n) is 9.17. The third-order valence-corrected chi connectivity index (χ3v) is 4.55. The van der Waals surface area contributed by atoms with Crippen LogP contribution in [0.25, 0.3) is 0 Å². The fraction of sp³-hybridized carbons (Fsp3) is 0.214. The number of rotatable bonds is 3. The highest BCUT2D eigenvalue weighted by atomic mass is 32.1. The van der Waals surface area contributed by atoms with Crippen molar-refractivity contribution in [2.24, 2.45) is 0 Å². The molecule has 1 aromatic heterocycles. The molecule has 1 aliphatic rings. The molecule has 0 aliphatic heterocycles. The van der Waals surface area contributed by atoms with Crippen LogP contribution < -0.4 is 0 Å².